The molecular weight excluding hydrogens is 330 g/mol. The lowest BCUT2D eigenvalue weighted by molar-refractivity contribution is -0.118. The summed E-state index contributed by atoms with van der Waals surface area (Å²) in [7, 11) is 0. The molecule has 130 valence electrons. The summed E-state index contributed by atoms with van der Waals surface area (Å²) in [6.45, 7) is 5.03. The summed E-state index contributed by atoms with van der Waals surface area (Å²) < 4.78 is 0. The van der Waals surface area contributed by atoms with Crippen molar-refractivity contribution in [2.45, 2.75) is 31.3 Å². The highest BCUT2D eigenvalue weighted by Gasteiger charge is 2.07. The molecule has 0 aliphatic carbocycles. The van der Waals surface area contributed by atoms with Crippen LogP contribution in [0.1, 0.15) is 30.9 Å². The number of carbonyl (C=O) groups excluding carboxylic acids is 1. The minimum absolute atomic E-state index is 0.0317. The Balaban J connectivity index is 1.42. The van der Waals surface area contributed by atoms with Crippen molar-refractivity contribution in [3.8, 4) is 0 Å². The van der Waals surface area contributed by atoms with E-state index >= 15 is 0 Å². The van der Waals surface area contributed by atoms with Gasteiger partial charge in [-0.05, 0) is 35.6 Å². The van der Waals surface area contributed by atoms with Crippen molar-refractivity contribution in [1.29, 1.82) is 0 Å². The summed E-state index contributed by atoms with van der Waals surface area (Å²) in [6, 6.07) is 16.5. The number of aromatic nitrogens is 2. The van der Waals surface area contributed by atoms with Gasteiger partial charge in [0.2, 0.25) is 5.91 Å². The summed E-state index contributed by atoms with van der Waals surface area (Å²) in [5.41, 5.74) is 4.51. The van der Waals surface area contributed by atoms with Crippen molar-refractivity contribution in [1.82, 2.24) is 15.3 Å². The first-order valence-corrected chi connectivity index (χ1v) is 9.53. The van der Waals surface area contributed by atoms with Crippen LogP contribution in [0, 0.1) is 0 Å². The Labute approximate surface area is 152 Å². The maximum atomic E-state index is 12.0. The number of rotatable bonds is 7. The Kier molecular flexibility index (Phi) is 5.76. The lowest BCUT2D eigenvalue weighted by Gasteiger charge is -2.08. The summed E-state index contributed by atoms with van der Waals surface area (Å²) in [5.74, 6) is 0.944. The quantitative estimate of drug-likeness (QED) is 0.628. The van der Waals surface area contributed by atoms with Gasteiger partial charge in [0.1, 0.15) is 0 Å². The van der Waals surface area contributed by atoms with Crippen molar-refractivity contribution in [3.63, 3.8) is 0 Å². The molecule has 0 unspecified atom stereocenters. The molecule has 0 atom stereocenters. The second-order valence-corrected chi connectivity index (χ2v) is 7.31. The number of hydrogen-bond acceptors (Lipinski definition) is 3. The normalized spacial score (nSPS) is 11.2. The van der Waals surface area contributed by atoms with E-state index in [0.29, 0.717) is 18.2 Å². The van der Waals surface area contributed by atoms with Crippen LogP contribution in [0.2, 0.25) is 0 Å². The van der Waals surface area contributed by atoms with E-state index in [1.165, 1.54) is 22.9 Å². The van der Waals surface area contributed by atoms with Crippen molar-refractivity contribution in [2.24, 2.45) is 0 Å². The molecule has 5 heteroatoms. The maximum Gasteiger partial charge on any atom is 0.230 e. The van der Waals surface area contributed by atoms with Crippen molar-refractivity contribution in [3.05, 3.63) is 59.7 Å². The van der Waals surface area contributed by atoms with Crippen LogP contribution in [0.5, 0.6) is 0 Å². The standard InChI is InChI=1S/C20H23N3OS/c1-14(2)16-9-7-15(8-10-16)11-12-21-19(24)13-25-20-22-17-5-3-4-6-18(17)23-20/h3-10,14H,11-13H2,1-2H3,(H,21,24)(H,22,23). The van der Waals surface area contributed by atoms with Crippen molar-refractivity contribution >= 4 is 28.7 Å². The molecule has 4 nitrogen and oxygen atoms in total. The van der Waals surface area contributed by atoms with Crippen molar-refractivity contribution < 1.29 is 4.79 Å². The van der Waals surface area contributed by atoms with Crippen LogP contribution in [0.15, 0.2) is 53.7 Å². The molecule has 25 heavy (non-hydrogen) atoms. The van der Waals surface area contributed by atoms with E-state index in [2.05, 4.69) is 53.4 Å². The number of nitrogens with one attached hydrogen (secondary N) is 2. The monoisotopic (exact) mass is 353 g/mol. The molecule has 1 aromatic heterocycles. The van der Waals surface area contributed by atoms with Gasteiger partial charge in [0.05, 0.1) is 16.8 Å². The number of aromatic amines is 1. The van der Waals surface area contributed by atoms with Crippen LogP contribution >= 0.6 is 11.8 Å². The van der Waals surface area contributed by atoms with E-state index in [9.17, 15) is 4.79 Å². The van der Waals surface area contributed by atoms with Gasteiger partial charge in [-0.2, -0.15) is 0 Å². The zero-order chi connectivity index (χ0) is 17.6. The van der Waals surface area contributed by atoms with E-state index in [0.717, 1.165) is 22.6 Å². The number of hydrogen-bond donors (Lipinski definition) is 2. The third kappa shape index (κ3) is 4.86. The number of thioether (sulfide) groups is 1. The van der Waals surface area contributed by atoms with Crippen LogP contribution < -0.4 is 5.32 Å². The molecule has 1 amide bonds. The minimum atomic E-state index is 0.0317. The lowest BCUT2D eigenvalue weighted by atomic mass is 10.0. The summed E-state index contributed by atoms with van der Waals surface area (Å²) in [5, 5.41) is 3.75. The zero-order valence-electron chi connectivity index (χ0n) is 14.6. The van der Waals surface area contributed by atoms with Crippen LogP contribution in [-0.2, 0) is 11.2 Å². The fraction of sp³-hybridized carbons (Fsp3) is 0.300. The molecule has 0 aliphatic heterocycles. The predicted molar refractivity (Wildman–Crippen MR) is 104 cm³/mol. The number of imidazole rings is 1. The average molecular weight is 353 g/mol. The first-order chi connectivity index (χ1) is 12.1. The van der Waals surface area contributed by atoms with Gasteiger partial charge in [-0.3, -0.25) is 4.79 Å². The summed E-state index contributed by atoms with van der Waals surface area (Å²) >= 11 is 1.43. The Morgan fingerprint density at radius 2 is 1.92 bits per heavy atom. The molecule has 2 aromatic carbocycles. The van der Waals surface area contributed by atoms with Crippen LogP contribution in [0.4, 0.5) is 0 Å². The highest BCUT2D eigenvalue weighted by Crippen LogP contribution is 2.19. The molecule has 0 bridgehead atoms. The van der Waals surface area contributed by atoms with E-state index in [1.807, 2.05) is 24.3 Å². The number of H-pyrrole nitrogens is 1. The summed E-state index contributed by atoms with van der Waals surface area (Å²) in [6.07, 6.45) is 0.847. The summed E-state index contributed by atoms with van der Waals surface area (Å²) in [4.78, 5) is 19.7. The number of fused-ring (bicyclic) bond motifs is 1. The van der Waals surface area contributed by atoms with Gasteiger partial charge in [0.25, 0.3) is 0 Å². The molecule has 0 saturated heterocycles. The smallest absolute Gasteiger partial charge is 0.230 e. The van der Waals surface area contributed by atoms with Crippen molar-refractivity contribution in [2.75, 3.05) is 12.3 Å². The van der Waals surface area contributed by atoms with Gasteiger partial charge >= 0.3 is 0 Å². The second kappa shape index (κ2) is 8.21. The molecule has 0 radical (unpaired) electrons. The SMILES string of the molecule is CC(C)c1ccc(CCNC(=O)CSc2nc3ccccc3[nH]2)cc1. The predicted octanol–water partition coefficient (Wildman–Crippen LogP) is 4.14. The fourth-order valence-corrected chi connectivity index (χ4v) is 3.31. The molecule has 1 heterocycles. The third-order valence-electron chi connectivity index (χ3n) is 4.09. The first-order valence-electron chi connectivity index (χ1n) is 8.55. The van der Waals surface area contributed by atoms with E-state index in [1.54, 1.807) is 0 Å². The molecule has 0 spiro atoms. The van der Waals surface area contributed by atoms with E-state index in [4.69, 9.17) is 0 Å². The Bertz CT molecular complexity index is 807. The zero-order valence-corrected chi connectivity index (χ0v) is 15.4. The van der Waals surface area contributed by atoms with E-state index in [-0.39, 0.29) is 5.91 Å². The van der Waals surface area contributed by atoms with Gasteiger partial charge in [0, 0.05) is 6.54 Å². The third-order valence-corrected chi connectivity index (χ3v) is 4.96. The topological polar surface area (TPSA) is 57.8 Å². The van der Waals surface area contributed by atoms with Gasteiger partial charge in [-0.25, -0.2) is 4.98 Å². The second-order valence-electron chi connectivity index (χ2n) is 6.34. The van der Waals surface area contributed by atoms with Gasteiger partial charge in [-0.1, -0.05) is 62.0 Å². The molecule has 0 saturated carbocycles. The van der Waals surface area contributed by atoms with E-state index < -0.39 is 0 Å². The maximum absolute atomic E-state index is 12.0. The molecule has 0 fully saturated rings. The fourth-order valence-electron chi connectivity index (χ4n) is 2.60. The highest BCUT2D eigenvalue weighted by atomic mass is 32.2. The Hall–Kier alpha value is -2.27. The van der Waals surface area contributed by atoms with Gasteiger partial charge in [0.15, 0.2) is 5.16 Å². The Morgan fingerprint density at radius 1 is 1.16 bits per heavy atom. The highest BCUT2D eigenvalue weighted by molar-refractivity contribution is 7.99. The Morgan fingerprint density at radius 3 is 2.64 bits per heavy atom. The minimum Gasteiger partial charge on any atom is -0.355 e. The van der Waals surface area contributed by atoms with Gasteiger partial charge < -0.3 is 10.3 Å². The lowest BCUT2D eigenvalue weighted by Crippen LogP contribution is -2.27. The van der Waals surface area contributed by atoms with Crippen LogP contribution in [0.25, 0.3) is 11.0 Å². The number of para-hydroxylation sites is 2. The number of amides is 1. The molecule has 2 N–H and O–H groups in total. The largest absolute Gasteiger partial charge is 0.355 e. The number of nitrogens with zero attached hydrogens (tertiary/aromatic N) is 1. The molecule has 3 rings (SSSR count). The van der Waals surface area contributed by atoms with Crippen LogP contribution in [-0.4, -0.2) is 28.2 Å². The molecular formula is C20H23N3OS. The molecule has 0 aliphatic rings. The van der Waals surface area contributed by atoms with Crippen LogP contribution in [0.3, 0.4) is 0 Å². The first kappa shape index (κ1) is 17.5. The number of benzene rings is 2. The van der Waals surface area contributed by atoms with Gasteiger partial charge in [-0.15, -0.1) is 0 Å². The average Bonchev–Trinajstić information content (AvgIpc) is 3.03. The number of carbonyl (C=O) groups is 1. The molecule has 3 aromatic rings.